The van der Waals surface area contributed by atoms with Crippen LogP contribution in [-0.2, 0) is 6.54 Å². The monoisotopic (exact) mass is 250 g/mol. The molecule has 0 spiro atoms. The highest BCUT2D eigenvalue weighted by atomic mass is 35.5. The number of benzene rings is 1. The summed E-state index contributed by atoms with van der Waals surface area (Å²) in [5.41, 5.74) is 2.57. The van der Waals surface area contributed by atoms with E-state index in [-0.39, 0.29) is 0 Å². The van der Waals surface area contributed by atoms with E-state index in [0.717, 1.165) is 30.1 Å². The van der Waals surface area contributed by atoms with E-state index in [1.165, 1.54) is 30.6 Å². The third-order valence-electron chi connectivity index (χ3n) is 4.17. The Balaban J connectivity index is 1.72. The van der Waals surface area contributed by atoms with E-state index in [2.05, 4.69) is 29.3 Å². The van der Waals surface area contributed by atoms with Crippen molar-refractivity contribution in [2.24, 2.45) is 5.92 Å². The Hall–Kier alpha value is -0.570. The first kappa shape index (κ1) is 11.5. The van der Waals surface area contributed by atoms with E-state index < -0.39 is 0 Å². The molecule has 0 aliphatic carbocycles. The van der Waals surface area contributed by atoms with E-state index in [9.17, 15) is 0 Å². The van der Waals surface area contributed by atoms with Crippen molar-refractivity contribution in [1.29, 1.82) is 0 Å². The van der Waals surface area contributed by atoms with Crippen molar-refractivity contribution in [1.82, 2.24) is 10.2 Å². The summed E-state index contributed by atoms with van der Waals surface area (Å²) in [6.07, 6.45) is 1.35. The van der Waals surface area contributed by atoms with Crippen LogP contribution in [0, 0.1) is 12.8 Å². The van der Waals surface area contributed by atoms with E-state index in [4.69, 9.17) is 11.6 Å². The molecule has 2 atom stereocenters. The second-order valence-electron chi connectivity index (χ2n) is 5.33. The topological polar surface area (TPSA) is 15.3 Å². The van der Waals surface area contributed by atoms with Crippen LogP contribution in [0.5, 0.6) is 0 Å². The number of hydrogen-bond acceptors (Lipinski definition) is 2. The smallest absolute Gasteiger partial charge is 0.0435 e. The number of nitrogens with one attached hydrogen (secondary N) is 1. The molecule has 3 heteroatoms. The lowest BCUT2D eigenvalue weighted by Crippen LogP contribution is -2.33. The highest BCUT2D eigenvalue weighted by Crippen LogP contribution is 2.29. The number of halogens is 1. The van der Waals surface area contributed by atoms with Gasteiger partial charge in [0.25, 0.3) is 0 Å². The summed E-state index contributed by atoms with van der Waals surface area (Å²) >= 11 is 6.06. The molecular weight excluding hydrogens is 232 g/mol. The minimum Gasteiger partial charge on any atom is -0.315 e. The molecule has 2 aliphatic heterocycles. The molecule has 1 aromatic rings. The van der Waals surface area contributed by atoms with E-state index in [0.29, 0.717) is 0 Å². The van der Waals surface area contributed by atoms with Gasteiger partial charge in [-0.2, -0.15) is 0 Å². The summed E-state index contributed by atoms with van der Waals surface area (Å²) in [6.45, 7) is 6.77. The average molecular weight is 251 g/mol. The van der Waals surface area contributed by atoms with Crippen molar-refractivity contribution < 1.29 is 0 Å². The molecule has 2 nitrogen and oxygen atoms in total. The maximum atomic E-state index is 6.06. The maximum absolute atomic E-state index is 6.06. The Labute approximate surface area is 108 Å². The zero-order chi connectivity index (χ0) is 11.8. The molecular formula is C14H19ClN2. The number of likely N-dealkylation sites (tertiary alicyclic amines) is 1. The molecule has 92 valence electrons. The lowest BCUT2D eigenvalue weighted by Gasteiger charge is -2.23. The summed E-state index contributed by atoms with van der Waals surface area (Å²) in [5, 5.41) is 4.37. The normalized spacial score (nSPS) is 28.6. The van der Waals surface area contributed by atoms with Gasteiger partial charge in [-0.25, -0.2) is 0 Å². The van der Waals surface area contributed by atoms with E-state index >= 15 is 0 Å². The van der Waals surface area contributed by atoms with Crippen molar-refractivity contribution in [3.8, 4) is 0 Å². The fourth-order valence-electron chi connectivity index (χ4n) is 3.17. The molecule has 0 unspecified atom stereocenters. The standard InChI is InChI=1S/C14H19ClN2/c1-10-6-11(2-3-13(10)15)9-17-5-4-12-7-16-8-14(12)17/h2-3,6,12,14,16H,4-5,7-9H2,1H3/t12-,14+/m1/s1. The lowest BCUT2D eigenvalue weighted by atomic mass is 10.0. The Kier molecular flexibility index (Phi) is 3.12. The van der Waals surface area contributed by atoms with Gasteiger partial charge in [-0.3, -0.25) is 4.90 Å². The molecule has 0 radical (unpaired) electrons. The third kappa shape index (κ3) is 2.22. The molecule has 0 aromatic heterocycles. The maximum Gasteiger partial charge on any atom is 0.0435 e. The van der Waals surface area contributed by atoms with E-state index in [1.807, 2.05) is 6.07 Å². The predicted octanol–water partition coefficient (Wildman–Crippen LogP) is 2.44. The van der Waals surface area contributed by atoms with Crippen LogP contribution in [0.1, 0.15) is 17.5 Å². The second-order valence-corrected chi connectivity index (χ2v) is 5.74. The highest BCUT2D eigenvalue weighted by molar-refractivity contribution is 6.31. The Morgan fingerprint density at radius 2 is 2.29 bits per heavy atom. The molecule has 2 saturated heterocycles. The minimum absolute atomic E-state index is 0.756. The van der Waals surface area contributed by atoms with Gasteiger partial charge in [0.1, 0.15) is 0 Å². The fourth-order valence-corrected chi connectivity index (χ4v) is 3.29. The van der Waals surface area contributed by atoms with Gasteiger partial charge in [0.2, 0.25) is 0 Å². The first-order chi connectivity index (χ1) is 8.24. The Bertz CT molecular complexity index is 419. The molecule has 2 heterocycles. The Morgan fingerprint density at radius 1 is 1.41 bits per heavy atom. The number of fused-ring (bicyclic) bond motifs is 1. The molecule has 0 bridgehead atoms. The summed E-state index contributed by atoms with van der Waals surface area (Å²) in [5.74, 6) is 0.878. The van der Waals surface area contributed by atoms with Crippen molar-refractivity contribution >= 4 is 11.6 Å². The van der Waals surface area contributed by atoms with Gasteiger partial charge >= 0.3 is 0 Å². The fraction of sp³-hybridized carbons (Fsp3) is 0.571. The van der Waals surface area contributed by atoms with Crippen LogP contribution in [0.2, 0.25) is 5.02 Å². The third-order valence-corrected chi connectivity index (χ3v) is 4.59. The van der Waals surface area contributed by atoms with Gasteiger partial charge in [-0.15, -0.1) is 0 Å². The molecule has 2 aliphatic rings. The van der Waals surface area contributed by atoms with Crippen LogP contribution in [-0.4, -0.2) is 30.6 Å². The van der Waals surface area contributed by atoms with Gasteiger partial charge in [0.15, 0.2) is 0 Å². The van der Waals surface area contributed by atoms with Crippen molar-refractivity contribution in [2.45, 2.75) is 25.9 Å². The van der Waals surface area contributed by atoms with Crippen molar-refractivity contribution in [3.05, 3.63) is 34.3 Å². The average Bonchev–Trinajstić information content (AvgIpc) is 2.88. The molecule has 17 heavy (non-hydrogen) atoms. The summed E-state index contributed by atoms with van der Waals surface area (Å²) in [4.78, 5) is 2.62. The van der Waals surface area contributed by atoms with Crippen molar-refractivity contribution in [2.75, 3.05) is 19.6 Å². The van der Waals surface area contributed by atoms with Crippen LogP contribution in [0.25, 0.3) is 0 Å². The SMILES string of the molecule is Cc1cc(CN2CC[C@@H]3CNC[C@@H]32)ccc1Cl. The lowest BCUT2D eigenvalue weighted by molar-refractivity contribution is 0.244. The van der Waals surface area contributed by atoms with Crippen LogP contribution < -0.4 is 5.32 Å². The van der Waals surface area contributed by atoms with Crippen molar-refractivity contribution in [3.63, 3.8) is 0 Å². The molecule has 0 saturated carbocycles. The number of rotatable bonds is 2. The van der Waals surface area contributed by atoms with Crippen LogP contribution >= 0.6 is 11.6 Å². The van der Waals surface area contributed by atoms with Crippen LogP contribution in [0.15, 0.2) is 18.2 Å². The molecule has 2 fully saturated rings. The summed E-state index contributed by atoms with van der Waals surface area (Å²) in [6, 6.07) is 7.15. The van der Waals surface area contributed by atoms with Gasteiger partial charge in [0, 0.05) is 24.2 Å². The molecule has 1 N–H and O–H groups in total. The van der Waals surface area contributed by atoms with Gasteiger partial charge < -0.3 is 5.32 Å². The number of hydrogen-bond donors (Lipinski definition) is 1. The quantitative estimate of drug-likeness (QED) is 0.868. The zero-order valence-electron chi connectivity index (χ0n) is 10.2. The summed E-state index contributed by atoms with van der Waals surface area (Å²) < 4.78 is 0. The number of nitrogens with zero attached hydrogens (tertiary/aromatic N) is 1. The van der Waals surface area contributed by atoms with E-state index in [1.54, 1.807) is 0 Å². The minimum atomic E-state index is 0.756. The molecule has 0 amide bonds. The largest absolute Gasteiger partial charge is 0.315 e. The van der Waals surface area contributed by atoms with Crippen LogP contribution in [0.4, 0.5) is 0 Å². The molecule has 3 rings (SSSR count). The Morgan fingerprint density at radius 3 is 3.12 bits per heavy atom. The van der Waals surface area contributed by atoms with Gasteiger partial charge in [-0.05, 0) is 49.5 Å². The van der Waals surface area contributed by atoms with Gasteiger partial charge in [0.05, 0.1) is 0 Å². The second kappa shape index (κ2) is 4.60. The predicted molar refractivity (Wildman–Crippen MR) is 71.4 cm³/mol. The molecule has 1 aromatic carbocycles. The number of aryl methyl sites for hydroxylation is 1. The first-order valence-electron chi connectivity index (χ1n) is 6.44. The highest BCUT2D eigenvalue weighted by Gasteiger charge is 2.37. The van der Waals surface area contributed by atoms with Crippen LogP contribution in [0.3, 0.4) is 0 Å². The summed E-state index contributed by atoms with van der Waals surface area (Å²) in [7, 11) is 0. The zero-order valence-corrected chi connectivity index (χ0v) is 11.0. The first-order valence-corrected chi connectivity index (χ1v) is 6.81. The van der Waals surface area contributed by atoms with Gasteiger partial charge in [-0.1, -0.05) is 23.7 Å².